The molecule has 1 aliphatic carbocycles. The zero-order chi connectivity index (χ0) is 28.1. The molecule has 39 heavy (non-hydrogen) atoms. The predicted molar refractivity (Wildman–Crippen MR) is 159 cm³/mol. The smallest absolute Gasteiger partial charge is 0.341 e. The largest absolute Gasteiger partial charge is 0.496 e. The first kappa shape index (κ1) is 29.2. The lowest BCUT2D eigenvalue weighted by Crippen LogP contribution is -2.32. The SMILES string of the molecule is COC(=O)c1c(NC(=O)C(=O)N/N=C/c2ccc(OC)c(COc3c(Br)cc(Br)cc3Br)c2)sc2c1CCC2. The third-order valence-electron chi connectivity index (χ3n) is 5.76. The van der Waals surface area contributed by atoms with Crippen molar-refractivity contribution in [2.45, 2.75) is 25.9 Å². The average molecular weight is 744 g/mol. The number of nitrogens with one attached hydrogen (secondary N) is 2. The number of thiophene rings is 1. The Morgan fingerprint density at radius 3 is 2.49 bits per heavy atom. The van der Waals surface area contributed by atoms with Gasteiger partial charge in [-0.2, -0.15) is 5.10 Å². The molecule has 2 amide bonds. The van der Waals surface area contributed by atoms with Crippen molar-refractivity contribution in [3.8, 4) is 11.5 Å². The summed E-state index contributed by atoms with van der Waals surface area (Å²) in [5.41, 5.74) is 4.80. The molecule has 2 N–H and O–H groups in total. The molecule has 3 aromatic rings. The summed E-state index contributed by atoms with van der Waals surface area (Å²) in [6.45, 7) is 0.200. The van der Waals surface area contributed by atoms with Crippen molar-refractivity contribution in [1.29, 1.82) is 0 Å². The number of esters is 1. The fourth-order valence-electron chi connectivity index (χ4n) is 3.99. The van der Waals surface area contributed by atoms with E-state index < -0.39 is 17.8 Å². The minimum atomic E-state index is -0.974. The van der Waals surface area contributed by atoms with E-state index in [1.165, 1.54) is 24.7 Å². The maximum absolute atomic E-state index is 12.5. The van der Waals surface area contributed by atoms with Gasteiger partial charge in [-0.25, -0.2) is 10.2 Å². The van der Waals surface area contributed by atoms with Crippen molar-refractivity contribution in [2.75, 3.05) is 19.5 Å². The normalized spacial score (nSPS) is 12.2. The lowest BCUT2D eigenvalue weighted by atomic mass is 10.1. The van der Waals surface area contributed by atoms with Crippen LogP contribution >= 0.6 is 59.1 Å². The highest BCUT2D eigenvalue weighted by molar-refractivity contribution is 9.11. The minimum Gasteiger partial charge on any atom is -0.496 e. The fourth-order valence-corrected chi connectivity index (χ4v) is 7.75. The van der Waals surface area contributed by atoms with Crippen molar-refractivity contribution in [1.82, 2.24) is 5.43 Å². The summed E-state index contributed by atoms with van der Waals surface area (Å²) in [5.74, 6) is -1.21. The van der Waals surface area contributed by atoms with Gasteiger partial charge in [0.2, 0.25) is 0 Å². The number of carbonyl (C=O) groups is 3. The van der Waals surface area contributed by atoms with Crippen LogP contribution < -0.4 is 20.2 Å². The van der Waals surface area contributed by atoms with Crippen LogP contribution in [0, 0.1) is 0 Å². The van der Waals surface area contributed by atoms with Crippen LogP contribution in [0.4, 0.5) is 5.00 Å². The second kappa shape index (κ2) is 13.1. The molecule has 13 heteroatoms. The van der Waals surface area contributed by atoms with Crippen molar-refractivity contribution >= 4 is 88.1 Å². The Bertz CT molecular complexity index is 1450. The molecule has 0 radical (unpaired) electrons. The van der Waals surface area contributed by atoms with Crippen LogP contribution in [0.2, 0.25) is 0 Å². The summed E-state index contributed by atoms with van der Waals surface area (Å²) >= 11 is 11.7. The molecule has 0 fully saturated rings. The van der Waals surface area contributed by atoms with Gasteiger partial charge in [-0.1, -0.05) is 15.9 Å². The second-order valence-corrected chi connectivity index (χ2v) is 12.0. The number of anilines is 1. The third-order valence-corrected chi connectivity index (χ3v) is 8.61. The Balaban J connectivity index is 1.40. The number of nitrogens with zero attached hydrogens (tertiary/aromatic N) is 1. The Hall–Kier alpha value is -2.74. The van der Waals surface area contributed by atoms with Gasteiger partial charge in [0.05, 0.1) is 34.9 Å². The van der Waals surface area contributed by atoms with Gasteiger partial charge in [0, 0.05) is 14.9 Å². The van der Waals surface area contributed by atoms with Gasteiger partial charge < -0.3 is 19.5 Å². The van der Waals surface area contributed by atoms with Crippen LogP contribution in [0.1, 0.15) is 38.3 Å². The molecule has 1 heterocycles. The maximum Gasteiger partial charge on any atom is 0.341 e. The van der Waals surface area contributed by atoms with E-state index in [4.69, 9.17) is 14.2 Å². The molecule has 1 aromatic heterocycles. The second-order valence-electron chi connectivity index (χ2n) is 8.26. The molecule has 0 spiro atoms. The number of fused-ring (bicyclic) bond motifs is 1. The Morgan fingerprint density at radius 1 is 1.05 bits per heavy atom. The quantitative estimate of drug-likeness (QED) is 0.127. The molecule has 2 aromatic carbocycles. The van der Waals surface area contributed by atoms with E-state index in [0.29, 0.717) is 27.6 Å². The predicted octanol–water partition coefficient (Wildman–Crippen LogP) is 5.99. The number of amides is 2. The monoisotopic (exact) mass is 741 g/mol. The van der Waals surface area contributed by atoms with E-state index in [2.05, 4.69) is 63.6 Å². The van der Waals surface area contributed by atoms with Crippen molar-refractivity contribution in [2.24, 2.45) is 5.10 Å². The summed E-state index contributed by atoms with van der Waals surface area (Å²) in [5, 5.41) is 6.73. The average Bonchev–Trinajstić information content (AvgIpc) is 3.48. The van der Waals surface area contributed by atoms with Gasteiger partial charge in [0.25, 0.3) is 0 Å². The molecule has 9 nitrogen and oxygen atoms in total. The maximum atomic E-state index is 12.5. The third kappa shape index (κ3) is 6.89. The Labute approximate surface area is 253 Å². The van der Waals surface area contributed by atoms with Crippen molar-refractivity contribution in [3.63, 3.8) is 0 Å². The highest BCUT2D eigenvalue weighted by Crippen LogP contribution is 2.40. The fraction of sp³-hybridized carbons (Fsp3) is 0.231. The standard InChI is InChI=1S/C26H22Br3N3O6S/c1-36-19-7-6-13(8-14(19)12-38-22-17(28)9-15(27)10-18(22)29)11-30-32-24(34)23(33)31-25-21(26(35)37-2)16-4-3-5-20(16)39-25/h6-11H,3-5,12H2,1-2H3,(H,31,33)(H,32,34)/b30-11+. The van der Waals surface area contributed by atoms with Crippen molar-refractivity contribution in [3.05, 3.63) is 70.9 Å². The van der Waals surface area contributed by atoms with E-state index in [9.17, 15) is 14.4 Å². The summed E-state index contributed by atoms with van der Waals surface area (Å²) in [6.07, 6.45) is 3.89. The summed E-state index contributed by atoms with van der Waals surface area (Å²) < 4.78 is 18.7. The van der Waals surface area contributed by atoms with E-state index in [0.717, 1.165) is 48.7 Å². The van der Waals surface area contributed by atoms with Crippen LogP contribution in [-0.4, -0.2) is 38.2 Å². The number of methoxy groups -OCH3 is 2. The highest BCUT2D eigenvalue weighted by atomic mass is 79.9. The van der Waals surface area contributed by atoms with Gasteiger partial charge in [-0.05, 0) is 92.6 Å². The number of hydrogen-bond donors (Lipinski definition) is 2. The topological polar surface area (TPSA) is 115 Å². The number of benzene rings is 2. The number of hydrogen-bond acceptors (Lipinski definition) is 8. The Kier molecular flexibility index (Phi) is 9.81. The molecule has 0 bridgehead atoms. The Morgan fingerprint density at radius 2 is 1.79 bits per heavy atom. The van der Waals surface area contributed by atoms with E-state index in [1.54, 1.807) is 25.3 Å². The first-order valence-electron chi connectivity index (χ1n) is 11.5. The van der Waals surface area contributed by atoms with Crippen LogP contribution in [0.5, 0.6) is 11.5 Å². The zero-order valence-electron chi connectivity index (χ0n) is 20.7. The number of hydrazone groups is 1. The molecule has 0 aliphatic heterocycles. The first-order chi connectivity index (χ1) is 18.7. The molecule has 204 valence electrons. The number of halogens is 3. The van der Waals surface area contributed by atoms with E-state index >= 15 is 0 Å². The zero-order valence-corrected chi connectivity index (χ0v) is 26.3. The summed E-state index contributed by atoms with van der Waals surface area (Å²) in [7, 11) is 2.84. The molecular weight excluding hydrogens is 722 g/mol. The van der Waals surface area contributed by atoms with Gasteiger partial charge in [-0.15, -0.1) is 11.3 Å². The van der Waals surface area contributed by atoms with Gasteiger partial charge in [0.15, 0.2) is 0 Å². The lowest BCUT2D eigenvalue weighted by Gasteiger charge is -2.13. The molecule has 0 atom stereocenters. The lowest BCUT2D eigenvalue weighted by molar-refractivity contribution is -0.136. The minimum absolute atomic E-state index is 0.200. The molecule has 4 rings (SSSR count). The van der Waals surface area contributed by atoms with Crippen LogP contribution in [0.25, 0.3) is 0 Å². The van der Waals surface area contributed by atoms with Crippen LogP contribution in [0.15, 0.2) is 48.9 Å². The van der Waals surface area contributed by atoms with E-state index in [-0.39, 0.29) is 6.61 Å². The molecular formula is C26H22Br3N3O6S. The van der Waals surface area contributed by atoms with Gasteiger partial charge in [-0.3, -0.25) is 9.59 Å². The first-order valence-corrected chi connectivity index (χ1v) is 14.7. The molecule has 0 saturated carbocycles. The number of rotatable bonds is 8. The number of aryl methyl sites for hydroxylation is 1. The molecule has 0 saturated heterocycles. The van der Waals surface area contributed by atoms with Crippen molar-refractivity contribution < 1.29 is 28.6 Å². The molecule has 0 unspecified atom stereocenters. The summed E-state index contributed by atoms with van der Waals surface area (Å²) in [6, 6.07) is 9.05. The van der Waals surface area contributed by atoms with E-state index in [1.807, 2.05) is 12.1 Å². The number of carbonyl (C=O) groups excluding carboxylic acids is 3. The molecule has 1 aliphatic rings. The van der Waals surface area contributed by atoms with Crippen LogP contribution in [-0.2, 0) is 33.8 Å². The van der Waals surface area contributed by atoms with Gasteiger partial charge >= 0.3 is 17.8 Å². The van der Waals surface area contributed by atoms with Crippen LogP contribution in [0.3, 0.4) is 0 Å². The highest BCUT2D eigenvalue weighted by Gasteiger charge is 2.29. The summed E-state index contributed by atoms with van der Waals surface area (Å²) in [4.78, 5) is 38.2. The number of ether oxygens (including phenoxy) is 3. The van der Waals surface area contributed by atoms with Gasteiger partial charge in [0.1, 0.15) is 23.1 Å².